The highest BCUT2D eigenvalue weighted by molar-refractivity contribution is 7.99. The summed E-state index contributed by atoms with van der Waals surface area (Å²) in [5.41, 5.74) is 8.30. The molecular formula is C15H14N2S. The summed E-state index contributed by atoms with van der Waals surface area (Å²) >= 11 is 1.84. The second kappa shape index (κ2) is 4.86. The molecule has 0 fully saturated rings. The molecule has 0 bridgehead atoms. The van der Waals surface area contributed by atoms with Crippen molar-refractivity contribution in [3.63, 3.8) is 0 Å². The average Bonchev–Trinajstić information content (AvgIpc) is 2.57. The minimum atomic E-state index is 0.346. The van der Waals surface area contributed by atoms with E-state index in [-0.39, 0.29) is 0 Å². The number of amidine groups is 1. The van der Waals surface area contributed by atoms with Crippen LogP contribution in [0.25, 0.3) is 0 Å². The summed E-state index contributed by atoms with van der Waals surface area (Å²) in [7, 11) is 0. The topological polar surface area (TPSA) is 38.4 Å². The lowest BCUT2D eigenvalue weighted by Crippen LogP contribution is -2.13. The quantitative estimate of drug-likeness (QED) is 0.837. The van der Waals surface area contributed by atoms with E-state index in [9.17, 15) is 0 Å². The molecule has 1 aliphatic heterocycles. The van der Waals surface area contributed by atoms with Crippen molar-refractivity contribution in [1.29, 1.82) is 0 Å². The van der Waals surface area contributed by atoms with Gasteiger partial charge in [0.1, 0.15) is 5.84 Å². The van der Waals surface area contributed by atoms with Crippen LogP contribution in [0, 0.1) is 0 Å². The number of nitrogens with zero attached hydrogens (tertiary/aromatic N) is 1. The van der Waals surface area contributed by atoms with Crippen molar-refractivity contribution in [3.05, 3.63) is 60.2 Å². The van der Waals surface area contributed by atoms with Crippen LogP contribution in [0.15, 0.2) is 64.5 Å². The van der Waals surface area contributed by atoms with Crippen LogP contribution < -0.4 is 5.73 Å². The van der Waals surface area contributed by atoms with Gasteiger partial charge >= 0.3 is 0 Å². The minimum Gasteiger partial charge on any atom is -0.387 e. The zero-order valence-corrected chi connectivity index (χ0v) is 10.7. The van der Waals surface area contributed by atoms with Crippen LogP contribution in [0.5, 0.6) is 0 Å². The Labute approximate surface area is 111 Å². The van der Waals surface area contributed by atoms with Crippen molar-refractivity contribution in [2.75, 3.05) is 0 Å². The first-order chi connectivity index (χ1) is 8.83. The van der Waals surface area contributed by atoms with Gasteiger partial charge in [0.25, 0.3) is 0 Å². The molecule has 0 radical (unpaired) electrons. The normalized spacial score (nSPS) is 18.7. The van der Waals surface area contributed by atoms with Gasteiger partial charge in [0.05, 0.1) is 5.69 Å². The van der Waals surface area contributed by atoms with Gasteiger partial charge in [-0.1, -0.05) is 42.5 Å². The zero-order chi connectivity index (χ0) is 12.4. The molecule has 0 aliphatic carbocycles. The van der Waals surface area contributed by atoms with E-state index in [1.165, 1.54) is 10.5 Å². The Hall–Kier alpha value is -1.74. The first kappa shape index (κ1) is 11.4. The summed E-state index contributed by atoms with van der Waals surface area (Å²) < 4.78 is 0. The zero-order valence-electron chi connectivity index (χ0n) is 9.91. The lowest BCUT2D eigenvalue weighted by atomic mass is 10.1. The van der Waals surface area contributed by atoms with Crippen molar-refractivity contribution in [2.45, 2.75) is 16.6 Å². The number of para-hydroxylation sites is 1. The Morgan fingerprint density at radius 2 is 1.72 bits per heavy atom. The molecule has 0 amide bonds. The fourth-order valence-corrected chi connectivity index (χ4v) is 3.33. The van der Waals surface area contributed by atoms with E-state index in [0.29, 0.717) is 11.1 Å². The van der Waals surface area contributed by atoms with Crippen molar-refractivity contribution < 1.29 is 0 Å². The lowest BCUT2D eigenvalue weighted by Gasteiger charge is -2.14. The van der Waals surface area contributed by atoms with Gasteiger partial charge in [0, 0.05) is 16.6 Å². The number of thioether (sulfide) groups is 1. The molecule has 0 saturated carbocycles. The number of rotatable bonds is 1. The molecule has 3 heteroatoms. The van der Waals surface area contributed by atoms with Gasteiger partial charge < -0.3 is 5.73 Å². The van der Waals surface area contributed by atoms with Crippen LogP contribution >= 0.6 is 11.8 Å². The second-order valence-corrected chi connectivity index (χ2v) is 5.54. The van der Waals surface area contributed by atoms with E-state index in [0.717, 1.165) is 12.1 Å². The van der Waals surface area contributed by atoms with Gasteiger partial charge in [-0.3, -0.25) is 0 Å². The van der Waals surface area contributed by atoms with Crippen molar-refractivity contribution in [1.82, 2.24) is 0 Å². The number of hydrogen-bond donors (Lipinski definition) is 1. The maximum absolute atomic E-state index is 6.01. The van der Waals surface area contributed by atoms with Crippen LogP contribution in [0.2, 0.25) is 0 Å². The molecule has 2 N–H and O–H groups in total. The summed E-state index contributed by atoms with van der Waals surface area (Å²) in [6, 6.07) is 18.7. The average molecular weight is 254 g/mol. The van der Waals surface area contributed by atoms with Gasteiger partial charge in [0.15, 0.2) is 0 Å². The van der Waals surface area contributed by atoms with E-state index in [1.807, 2.05) is 36.0 Å². The van der Waals surface area contributed by atoms with Gasteiger partial charge in [0.2, 0.25) is 0 Å². The first-order valence-corrected chi connectivity index (χ1v) is 6.84. The van der Waals surface area contributed by atoms with Crippen molar-refractivity contribution in [3.8, 4) is 0 Å². The summed E-state index contributed by atoms with van der Waals surface area (Å²) in [6.45, 7) is 0. The predicted octanol–water partition coefficient (Wildman–Crippen LogP) is 3.91. The van der Waals surface area contributed by atoms with E-state index in [4.69, 9.17) is 5.73 Å². The predicted molar refractivity (Wildman–Crippen MR) is 77.4 cm³/mol. The maximum Gasteiger partial charge on any atom is 0.101 e. The molecule has 1 unspecified atom stereocenters. The highest BCUT2D eigenvalue weighted by atomic mass is 32.2. The number of nitrogens with two attached hydrogens (primary N) is 1. The van der Waals surface area contributed by atoms with Crippen LogP contribution in [-0.2, 0) is 0 Å². The van der Waals surface area contributed by atoms with Crippen molar-refractivity contribution in [2.24, 2.45) is 10.7 Å². The molecular weight excluding hydrogens is 240 g/mol. The monoisotopic (exact) mass is 254 g/mol. The van der Waals surface area contributed by atoms with Crippen LogP contribution in [0.1, 0.15) is 17.2 Å². The van der Waals surface area contributed by atoms with Crippen LogP contribution in [0.4, 0.5) is 5.69 Å². The van der Waals surface area contributed by atoms with Crippen LogP contribution in [0.3, 0.4) is 0 Å². The second-order valence-electron chi connectivity index (χ2n) is 4.29. The highest BCUT2D eigenvalue weighted by Crippen LogP contribution is 2.43. The fraction of sp³-hybridized carbons (Fsp3) is 0.133. The molecule has 90 valence electrons. The Morgan fingerprint density at radius 3 is 2.56 bits per heavy atom. The smallest absolute Gasteiger partial charge is 0.101 e. The molecule has 18 heavy (non-hydrogen) atoms. The molecule has 0 aromatic heterocycles. The molecule has 2 nitrogen and oxygen atoms in total. The standard InChI is InChI=1S/C15H14N2S/c16-15-10-14(11-6-2-1-3-7-11)18-13-9-5-4-8-12(13)17-15/h1-9,14H,10H2,(H2,16,17). The Morgan fingerprint density at radius 1 is 1.00 bits per heavy atom. The molecule has 0 saturated heterocycles. The Kier molecular flexibility index (Phi) is 3.07. The summed E-state index contributed by atoms with van der Waals surface area (Å²) in [5.74, 6) is 0.710. The molecule has 0 spiro atoms. The molecule has 2 aromatic carbocycles. The summed E-state index contributed by atoms with van der Waals surface area (Å²) in [4.78, 5) is 5.69. The third-order valence-electron chi connectivity index (χ3n) is 2.96. The summed E-state index contributed by atoms with van der Waals surface area (Å²) in [5, 5.41) is 0.346. The van der Waals surface area contributed by atoms with Gasteiger partial charge in [-0.05, 0) is 17.7 Å². The van der Waals surface area contributed by atoms with Gasteiger partial charge in [-0.25, -0.2) is 4.99 Å². The number of benzene rings is 2. The van der Waals surface area contributed by atoms with E-state index < -0.39 is 0 Å². The number of hydrogen-bond acceptors (Lipinski definition) is 3. The lowest BCUT2D eigenvalue weighted by molar-refractivity contribution is 1.00. The van der Waals surface area contributed by atoms with E-state index in [2.05, 4.69) is 35.3 Å². The molecule has 1 aliphatic rings. The molecule has 2 aromatic rings. The fourth-order valence-electron chi connectivity index (χ4n) is 2.09. The maximum atomic E-state index is 6.01. The van der Waals surface area contributed by atoms with Gasteiger partial charge in [-0.2, -0.15) is 0 Å². The number of fused-ring (bicyclic) bond motifs is 1. The minimum absolute atomic E-state index is 0.346. The van der Waals surface area contributed by atoms with E-state index >= 15 is 0 Å². The van der Waals surface area contributed by atoms with Gasteiger partial charge in [-0.15, -0.1) is 11.8 Å². The Balaban J connectivity index is 2.00. The largest absolute Gasteiger partial charge is 0.387 e. The Bertz CT molecular complexity index is 578. The third kappa shape index (κ3) is 2.27. The third-order valence-corrected chi connectivity index (χ3v) is 4.29. The SMILES string of the molecule is NC1=Nc2ccccc2SC(c2ccccc2)C1. The molecule has 3 rings (SSSR count). The number of aliphatic imine (C=N–C) groups is 1. The van der Waals surface area contributed by atoms with Crippen molar-refractivity contribution >= 4 is 23.3 Å². The summed E-state index contributed by atoms with van der Waals surface area (Å²) in [6.07, 6.45) is 0.795. The molecule has 1 heterocycles. The first-order valence-electron chi connectivity index (χ1n) is 5.96. The molecule has 1 atom stereocenters. The van der Waals surface area contributed by atoms with E-state index in [1.54, 1.807) is 0 Å². The van der Waals surface area contributed by atoms with Crippen LogP contribution in [-0.4, -0.2) is 5.84 Å². The highest BCUT2D eigenvalue weighted by Gasteiger charge is 2.19.